The van der Waals surface area contributed by atoms with Gasteiger partial charge in [0.15, 0.2) is 16.8 Å². The highest BCUT2D eigenvalue weighted by atomic mass is 79.9. The lowest BCUT2D eigenvalue weighted by molar-refractivity contribution is 0.111. The highest BCUT2D eigenvalue weighted by Gasteiger charge is 2.42. The topological polar surface area (TPSA) is 78.5 Å². The van der Waals surface area contributed by atoms with Crippen LogP contribution in [0, 0.1) is 0 Å². The van der Waals surface area contributed by atoms with E-state index in [9.17, 15) is 4.79 Å². The number of carbonyl (C=O) groups excluding carboxylic acids is 1. The van der Waals surface area contributed by atoms with Gasteiger partial charge in [-0.15, -0.1) is 16.4 Å². The van der Waals surface area contributed by atoms with Crippen LogP contribution in [0.1, 0.15) is 32.1 Å². The summed E-state index contributed by atoms with van der Waals surface area (Å²) in [5.74, 6) is 0.633. The van der Waals surface area contributed by atoms with E-state index >= 15 is 0 Å². The summed E-state index contributed by atoms with van der Waals surface area (Å²) in [5.41, 5.74) is 4.33. The SMILES string of the molecule is O=Cc1nc(Br)n(Cc2ccc(-c3ccccc3-c3nnnn3C(c3ccccc3)(c3ccccc3)c3ccccc3)s2)c1Cl. The summed E-state index contributed by atoms with van der Waals surface area (Å²) < 4.78 is 4.22. The van der Waals surface area contributed by atoms with E-state index in [1.165, 1.54) is 0 Å². The van der Waals surface area contributed by atoms with Crippen LogP contribution in [0.15, 0.2) is 132 Å². The van der Waals surface area contributed by atoms with Crippen molar-refractivity contribution in [3.63, 3.8) is 0 Å². The lowest BCUT2D eigenvalue weighted by atomic mass is 9.77. The number of hydrogen-bond acceptors (Lipinski definition) is 6. The van der Waals surface area contributed by atoms with Crippen molar-refractivity contribution >= 4 is 45.2 Å². The van der Waals surface area contributed by atoms with Gasteiger partial charge in [0.25, 0.3) is 0 Å². The number of carbonyl (C=O) groups is 1. The summed E-state index contributed by atoms with van der Waals surface area (Å²) in [7, 11) is 0. The van der Waals surface area contributed by atoms with E-state index < -0.39 is 5.54 Å². The second-order valence-corrected chi connectivity index (χ2v) is 12.5. The molecule has 0 aliphatic carbocycles. The van der Waals surface area contributed by atoms with E-state index in [2.05, 4.69) is 91.9 Å². The van der Waals surface area contributed by atoms with E-state index in [1.807, 2.05) is 71.4 Å². The molecule has 0 unspecified atom stereocenters. The second-order valence-electron chi connectivity index (χ2n) is 10.3. The first kappa shape index (κ1) is 29.0. The van der Waals surface area contributed by atoms with Gasteiger partial charge in [0.2, 0.25) is 0 Å². The molecule has 0 saturated heterocycles. The van der Waals surface area contributed by atoms with Crippen LogP contribution < -0.4 is 0 Å². The van der Waals surface area contributed by atoms with E-state index in [-0.39, 0.29) is 5.69 Å². The second kappa shape index (κ2) is 12.4. The van der Waals surface area contributed by atoms with Gasteiger partial charge < -0.3 is 4.57 Å². The van der Waals surface area contributed by atoms with Crippen molar-refractivity contribution in [2.45, 2.75) is 12.1 Å². The van der Waals surface area contributed by atoms with Gasteiger partial charge in [0.1, 0.15) is 16.4 Å². The molecule has 0 saturated carbocycles. The maximum Gasteiger partial charge on any atom is 0.184 e. The quantitative estimate of drug-likeness (QED) is 0.112. The number of nitrogens with zero attached hydrogens (tertiary/aromatic N) is 6. The summed E-state index contributed by atoms with van der Waals surface area (Å²) in [5, 5.41) is 14.0. The van der Waals surface area contributed by atoms with Gasteiger partial charge in [0.05, 0.1) is 6.54 Å². The van der Waals surface area contributed by atoms with Crippen LogP contribution in [0.5, 0.6) is 0 Å². The molecule has 7 aromatic rings. The fourth-order valence-electron chi connectivity index (χ4n) is 5.78. The Kier molecular flexibility index (Phi) is 7.97. The number of thiophene rings is 1. The summed E-state index contributed by atoms with van der Waals surface area (Å²) >= 11 is 11.5. The smallest absolute Gasteiger partial charge is 0.184 e. The Hall–Kier alpha value is -4.70. The average Bonchev–Trinajstić information content (AvgIpc) is 3.84. The number of tetrazole rings is 1. The molecule has 0 aliphatic heterocycles. The van der Waals surface area contributed by atoms with Crippen LogP contribution in [0.3, 0.4) is 0 Å². The average molecular weight is 692 g/mol. The Morgan fingerprint density at radius 1 is 0.756 bits per heavy atom. The van der Waals surface area contributed by atoms with Gasteiger partial charge in [-0.2, -0.15) is 0 Å². The number of hydrogen-bond donors (Lipinski definition) is 0. The third kappa shape index (κ3) is 5.12. The number of rotatable bonds is 9. The van der Waals surface area contributed by atoms with E-state index in [0.717, 1.165) is 37.6 Å². The Morgan fingerprint density at radius 2 is 1.31 bits per heavy atom. The van der Waals surface area contributed by atoms with E-state index in [4.69, 9.17) is 16.8 Å². The number of halogens is 2. The standard InChI is InChI=1S/C35H24BrClN6OS/c36-34-38-30(23-44)32(37)42(34)22-27-20-21-31(45-27)28-18-10-11-19-29(28)33-39-40-41-43(33)35(24-12-4-1-5-13-24,25-14-6-2-7-15-25)26-16-8-3-9-17-26/h1-21,23H,22H2. The molecule has 3 heterocycles. The molecular formula is C35H24BrClN6OS. The van der Waals surface area contributed by atoms with Crippen molar-refractivity contribution in [3.05, 3.63) is 165 Å². The van der Waals surface area contributed by atoms with E-state index in [1.54, 1.807) is 15.9 Å². The molecule has 0 radical (unpaired) electrons. The molecular weight excluding hydrogens is 668 g/mol. The van der Waals surface area contributed by atoms with Crippen LogP contribution in [0.2, 0.25) is 5.15 Å². The zero-order valence-corrected chi connectivity index (χ0v) is 26.8. The first-order valence-corrected chi connectivity index (χ1v) is 16.1. The molecule has 0 fully saturated rings. The predicted molar refractivity (Wildman–Crippen MR) is 181 cm³/mol. The molecule has 3 aromatic heterocycles. The van der Waals surface area contributed by atoms with Crippen LogP contribution in [-0.2, 0) is 12.1 Å². The molecule has 10 heteroatoms. The summed E-state index contributed by atoms with van der Waals surface area (Å²) in [6, 6.07) is 43.4. The molecule has 7 rings (SSSR count). The number of aromatic nitrogens is 6. The van der Waals surface area contributed by atoms with Gasteiger partial charge in [-0.25, -0.2) is 9.67 Å². The fourth-order valence-corrected chi connectivity index (χ4v) is 7.64. The lowest BCUT2D eigenvalue weighted by Crippen LogP contribution is -2.39. The lowest BCUT2D eigenvalue weighted by Gasteiger charge is -2.36. The monoisotopic (exact) mass is 690 g/mol. The molecule has 0 bridgehead atoms. The van der Waals surface area contributed by atoms with Crippen molar-refractivity contribution in [2.24, 2.45) is 0 Å². The molecule has 7 nitrogen and oxygen atoms in total. The van der Waals surface area contributed by atoms with Gasteiger partial charge in [-0.05, 0) is 55.2 Å². The minimum absolute atomic E-state index is 0.205. The van der Waals surface area contributed by atoms with Gasteiger partial charge in [0, 0.05) is 20.9 Å². The third-order valence-corrected chi connectivity index (χ3v) is 9.87. The van der Waals surface area contributed by atoms with Crippen molar-refractivity contribution in [2.75, 3.05) is 0 Å². The van der Waals surface area contributed by atoms with Gasteiger partial charge in [-0.1, -0.05) is 127 Å². The Balaban J connectivity index is 1.40. The zero-order chi connectivity index (χ0) is 30.8. The number of imidazole rings is 1. The molecule has 0 aliphatic rings. The largest absolute Gasteiger partial charge is 0.304 e. The minimum Gasteiger partial charge on any atom is -0.304 e. The normalized spacial score (nSPS) is 11.5. The van der Waals surface area contributed by atoms with Crippen molar-refractivity contribution < 1.29 is 4.79 Å². The molecule has 45 heavy (non-hydrogen) atoms. The summed E-state index contributed by atoms with van der Waals surface area (Å²) in [6.07, 6.45) is 0.657. The Labute approximate surface area is 276 Å². The maximum atomic E-state index is 11.4. The Morgan fingerprint density at radius 3 is 1.87 bits per heavy atom. The molecule has 0 spiro atoms. The first-order chi connectivity index (χ1) is 22.1. The molecule has 4 aromatic carbocycles. The molecule has 220 valence electrons. The zero-order valence-electron chi connectivity index (χ0n) is 23.7. The van der Waals surface area contributed by atoms with Crippen LogP contribution in [0.25, 0.3) is 21.8 Å². The third-order valence-electron chi connectivity index (χ3n) is 7.77. The Bertz CT molecular complexity index is 2000. The molecule has 0 amide bonds. The van der Waals surface area contributed by atoms with E-state index in [0.29, 0.717) is 28.5 Å². The molecule has 0 N–H and O–H groups in total. The number of aldehydes is 1. The summed E-state index contributed by atoms with van der Waals surface area (Å²) in [4.78, 5) is 17.7. The predicted octanol–water partition coefficient (Wildman–Crippen LogP) is 8.38. The molecule has 0 atom stereocenters. The minimum atomic E-state index is -0.864. The highest BCUT2D eigenvalue weighted by molar-refractivity contribution is 9.10. The first-order valence-electron chi connectivity index (χ1n) is 14.1. The van der Waals surface area contributed by atoms with Crippen molar-refractivity contribution in [1.29, 1.82) is 0 Å². The van der Waals surface area contributed by atoms with Crippen molar-refractivity contribution in [1.82, 2.24) is 29.8 Å². The van der Waals surface area contributed by atoms with Gasteiger partial charge >= 0.3 is 0 Å². The van der Waals surface area contributed by atoms with Crippen molar-refractivity contribution in [3.8, 4) is 21.8 Å². The summed E-state index contributed by atoms with van der Waals surface area (Å²) in [6.45, 7) is 0.462. The van der Waals surface area contributed by atoms with Crippen LogP contribution >= 0.6 is 38.9 Å². The highest BCUT2D eigenvalue weighted by Crippen LogP contribution is 2.44. The van der Waals surface area contributed by atoms with Crippen LogP contribution in [-0.4, -0.2) is 36.0 Å². The van der Waals surface area contributed by atoms with Gasteiger partial charge in [-0.3, -0.25) is 4.79 Å². The fraction of sp³-hybridized carbons (Fsp3) is 0.0571. The maximum absolute atomic E-state index is 11.4. The van der Waals surface area contributed by atoms with Crippen LogP contribution in [0.4, 0.5) is 0 Å². The number of benzene rings is 4.